The van der Waals surface area contributed by atoms with Crippen molar-refractivity contribution in [3.05, 3.63) is 36.0 Å². The van der Waals surface area contributed by atoms with Crippen LogP contribution in [0.4, 0.5) is 5.82 Å². The molecular weight excluding hydrogens is 214 g/mol. The lowest BCUT2D eigenvalue weighted by atomic mass is 10.0. The van der Waals surface area contributed by atoms with E-state index in [1.165, 1.54) is 5.56 Å². The highest BCUT2D eigenvalue weighted by molar-refractivity contribution is 5.73. The molecule has 0 fully saturated rings. The Morgan fingerprint density at radius 3 is 2.88 bits per heavy atom. The number of aryl methyl sites for hydroxylation is 1. The van der Waals surface area contributed by atoms with Gasteiger partial charge in [0.15, 0.2) is 0 Å². The first-order chi connectivity index (χ1) is 8.22. The van der Waals surface area contributed by atoms with Gasteiger partial charge >= 0.3 is 0 Å². The molecule has 1 aromatic carbocycles. The van der Waals surface area contributed by atoms with Gasteiger partial charge in [0.1, 0.15) is 5.82 Å². The Bertz CT molecular complexity index is 505. The summed E-state index contributed by atoms with van der Waals surface area (Å²) in [6.45, 7) is 0.728. The number of nitrogens with two attached hydrogens (primary N) is 1. The third-order valence-corrected chi connectivity index (χ3v) is 2.82. The maximum atomic E-state index is 5.96. The SMILES string of the molecule is COCCc1cccc(-c2cnn(C)c2N)c1. The maximum Gasteiger partial charge on any atom is 0.129 e. The van der Waals surface area contributed by atoms with Crippen LogP contribution < -0.4 is 5.73 Å². The quantitative estimate of drug-likeness (QED) is 0.873. The highest BCUT2D eigenvalue weighted by Gasteiger charge is 2.07. The molecule has 2 rings (SSSR count). The first-order valence-electron chi connectivity index (χ1n) is 5.58. The Labute approximate surface area is 101 Å². The average Bonchev–Trinajstić information content (AvgIpc) is 2.68. The monoisotopic (exact) mass is 231 g/mol. The molecule has 4 heteroatoms. The smallest absolute Gasteiger partial charge is 0.129 e. The van der Waals surface area contributed by atoms with Crippen molar-refractivity contribution in [3.8, 4) is 11.1 Å². The molecule has 90 valence electrons. The van der Waals surface area contributed by atoms with E-state index in [0.717, 1.165) is 24.2 Å². The van der Waals surface area contributed by atoms with Gasteiger partial charge in [-0.3, -0.25) is 4.68 Å². The molecule has 0 radical (unpaired) electrons. The van der Waals surface area contributed by atoms with E-state index in [1.807, 2.05) is 19.2 Å². The molecular formula is C13H17N3O. The number of rotatable bonds is 4. The zero-order valence-corrected chi connectivity index (χ0v) is 10.2. The summed E-state index contributed by atoms with van der Waals surface area (Å²) in [5.41, 5.74) is 9.28. The minimum absolute atomic E-state index is 0.689. The van der Waals surface area contributed by atoms with Gasteiger partial charge in [-0.15, -0.1) is 0 Å². The Hall–Kier alpha value is -1.81. The molecule has 0 bridgehead atoms. The topological polar surface area (TPSA) is 53.1 Å². The molecule has 0 aliphatic rings. The summed E-state index contributed by atoms with van der Waals surface area (Å²) in [6, 6.07) is 8.30. The van der Waals surface area contributed by atoms with Gasteiger partial charge in [0, 0.05) is 19.7 Å². The van der Waals surface area contributed by atoms with Crippen LogP contribution in [0.2, 0.25) is 0 Å². The molecule has 0 aliphatic heterocycles. The molecule has 2 aromatic rings. The Balaban J connectivity index is 2.30. The van der Waals surface area contributed by atoms with Gasteiger partial charge in [-0.25, -0.2) is 0 Å². The molecule has 0 amide bonds. The van der Waals surface area contributed by atoms with Crippen molar-refractivity contribution in [2.45, 2.75) is 6.42 Å². The normalized spacial score (nSPS) is 10.7. The van der Waals surface area contributed by atoms with Crippen LogP contribution in [0.5, 0.6) is 0 Å². The van der Waals surface area contributed by atoms with Crippen molar-refractivity contribution in [3.63, 3.8) is 0 Å². The van der Waals surface area contributed by atoms with Gasteiger partial charge in [0.2, 0.25) is 0 Å². The Morgan fingerprint density at radius 1 is 1.41 bits per heavy atom. The lowest BCUT2D eigenvalue weighted by molar-refractivity contribution is 0.202. The highest BCUT2D eigenvalue weighted by Crippen LogP contribution is 2.25. The number of nitrogen functional groups attached to an aromatic ring is 1. The summed E-state index contributed by atoms with van der Waals surface area (Å²) in [7, 11) is 3.55. The molecule has 0 saturated heterocycles. The van der Waals surface area contributed by atoms with Gasteiger partial charge in [0.25, 0.3) is 0 Å². The molecule has 0 spiro atoms. The van der Waals surface area contributed by atoms with E-state index in [4.69, 9.17) is 10.5 Å². The summed E-state index contributed by atoms with van der Waals surface area (Å²) in [5, 5.41) is 4.15. The van der Waals surface area contributed by atoms with Gasteiger partial charge in [-0.2, -0.15) is 5.10 Å². The van der Waals surface area contributed by atoms with E-state index >= 15 is 0 Å². The number of aromatic nitrogens is 2. The van der Waals surface area contributed by atoms with Gasteiger partial charge < -0.3 is 10.5 Å². The van der Waals surface area contributed by atoms with Crippen molar-refractivity contribution in [2.75, 3.05) is 19.5 Å². The number of nitrogens with zero attached hydrogens (tertiary/aromatic N) is 2. The molecule has 0 aliphatic carbocycles. The standard InChI is InChI=1S/C13H17N3O/c1-16-13(14)12(9-15-16)11-5-3-4-10(8-11)6-7-17-2/h3-5,8-9H,6-7,14H2,1-2H3. The van der Waals surface area contributed by atoms with Gasteiger partial charge in [0.05, 0.1) is 12.8 Å². The number of ether oxygens (including phenoxy) is 1. The van der Waals surface area contributed by atoms with E-state index in [1.54, 1.807) is 18.0 Å². The van der Waals surface area contributed by atoms with Crippen LogP contribution in [0.3, 0.4) is 0 Å². The third-order valence-electron chi connectivity index (χ3n) is 2.82. The summed E-state index contributed by atoms with van der Waals surface area (Å²) < 4.78 is 6.76. The van der Waals surface area contributed by atoms with Crippen molar-refractivity contribution in [2.24, 2.45) is 7.05 Å². The van der Waals surface area contributed by atoms with Gasteiger partial charge in [-0.1, -0.05) is 24.3 Å². The lowest BCUT2D eigenvalue weighted by Crippen LogP contribution is -1.98. The summed E-state index contributed by atoms with van der Waals surface area (Å²) >= 11 is 0. The number of anilines is 1. The molecule has 0 atom stereocenters. The molecule has 0 unspecified atom stereocenters. The van der Waals surface area contributed by atoms with Crippen LogP contribution in [0.15, 0.2) is 30.5 Å². The Morgan fingerprint density at radius 2 is 2.24 bits per heavy atom. The van der Waals surface area contributed by atoms with E-state index in [0.29, 0.717) is 5.82 Å². The second kappa shape index (κ2) is 5.01. The van der Waals surface area contributed by atoms with Crippen LogP contribution in [0.25, 0.3) is 11.1 Å². The fourth-order valence-corrected chi connectivity index (χ4v) is 1.78. The molecule has 2 N–H and O–H groups in total. The number of benzene rings is 1. The second-order valence-corrected chi connectivity index (χ2v) is 4.01. The molecule has 1 heterocycles. The van der Waals surface area contributed by atoms with Crippen LogP contribution in [-0.4, -0.2) is 23.5 Å². The molecule has 0 saturated carbocycles. The van der Waals surface area contributed by atoms with Crippen molar-refractivity contribution in [1.82, 2.24) is 9.78 Å². The number of hydrogen-bond acceptors (Lipinski definition) is 3. The molecule has 4 nitrogen and oxygen atoms in total. The highest BCUT2D eigenvalue weighted by atomic mass is 16.5. The van der Waals surface area contributed by atoms with Crippen LogP contribution in [-0.2, 0) is 18.2 Å². The summed E-state index contributed by atoms with van der Waals surface area (Å²) in [4.78, 5) is 0. The third kappa shape index (κ3) is 2.47. The first kappa shape index (κ1) is 11.7. The fraction of sp³-hybridized carbons (Fsp3) is 0.308. The summed E-state index contributed by atoms with van der Waals surface area (Å²) in [5.74, 6) is 0.689. The molecule has 1 aromatic heterocycles. The van der Waals surface area contributed by atoms with E-state index in [2.05, 4.69) is 17.2 Å². The predicted molar refractivity (Wildman–Crippen MR) is 68.6 cm³/mol. The number of hydrogen-bond donors (Lipinski definition) is 1. The minimum Gasteiger partial charge on any atom is -0.384 e. The summed E-state index contributed by atoms with van der Waals surface area (Å²) in [6.07, 6.45) is 2.70. The van der Waals surface area contributed by atoms with E-state index in [9.17, 15) is 0 Å². The fourth-order valence-electron chi connectivity index (χ4n) is 1.78. The zero-order chi connectivity index (χ0) is 12.3. The first-order valence-corrected chi connectivity index (χ1v) is 5.58. The lowest BCUT2D eigenvalue weighted by Gasteiger charge is -2.04. The average molecular weight is 231 g/mol. The Kier molecular flexibility index (Phi) is 3.44. The van der Waals surface area contributed by atoms with Crippen molar-refractivity contribution >= 4 is 5.82 Å². The van der Waals surface area contributed by atoms with Crippen LogP contribution in [0, 0.1) is 0 Å². The molecule has 17 heavy (non-hydrogen) atoms. The largest absolute Gasteiger partial charge is 0.384 e. The number of methoxy groups -OCH3 is 1. The second-order valence-electron chi connectivity index (χ2n) is 4.01. The van der Waals surface area contributed by atoms with Crippen molar-refractivity contribution in [1.29, 1.82) is 0 Å². The van der Waals surface area contributed by atoms with Crippen LogP contribution in [0.1, 0.15) is 5.56 Å². The maximum absolute atomic E-state index is 5.96. The predicted octanol–water partition coefficient (Wildman–Crippen LogP) is 1.86. The van der Waals surface area contributed by atoms with E-state index in [-0.39, 0.29) is 0 Å². The van der Waals surface area contributed by atoms with Gasteiger partial charge in [-0.05, 0) is 17.5 Å². The van der Waals surface area contributed by atoms with Crippen LogP contribution >= 0.6 is 0 Å². The minimum atomic E-state index is 0.689. The van der Waals surface area contributed by atoms with E-state index < -0.39 is 0 Å². The zero-order valence-electron chi connectivity index (χ0n) is 10.2. The van der Waals surface area contributed by atoms with Crippen molar-refractivity contribution < 1.29 is 4.74 Å².